The summed E-state index contributed by atoms with van der Waals surface area (Å²) in [6.07, 6.45) is 1.58. The van der Waals surface area contributed by atoms with Crippen LogP contribution in [0.2, 0.25) is 0 Å². The molecule has 0 aromatic heterocycles. The minimum absolute atomic E-state index is 0. The second kappa shape index (κ2) is 10.5. The van der Waals surface area contributed by atoms with Crippen molar-refractivity contribution in [1.82, 2.24) is 5.32 Å². The van der Waals surface area contributed by atoms with Gasteiger partial charge < -0.3 is 10.6 Å². The van der Waals surface area contributed by atoms with Crippen molar-refractivity contribution in [2.45, 2.75) is 26.7 Å². The molecule has 0 fully saturated rings. The zero-order valence-electron chi connectivity index (χ0n) is 16.9. The molecule has 0 bridgehead atoms. The third kappa shape index (κ3) is 6.11. The largest absolute Gasteiger partial charge is 0.354 e. The molecular formula is C21H29ClN4O2S. The lowest BCUT2D eigenvalue weighted by molar-refractivity contribution is 0.591. The lowest BCUT2D eigenvalue weighted by Crippen LogP contribution is -2.32. The van der Waals surface area contributed by atoms with E-state index < -0.39 is 10.0 Å². The maximum Gasteiger partial charge on any atom is 0.234 e. The van der Waals surface area contributed by atoms with E-state index in [4.69, 9.17) is 0 Å². The van der Waals surface area contributed by atoms with Crippen LogP contribution in [0.5, 0.6) is 0 Å². The van der Waals surface area contributed by atoms with Crippen LogP contribution in [0.15, 0.2) is 53.5 Å². The number of nitrogens with zero attached hydrogens (tertiary/aromatic N) is 2. The first-order valence-corrected chi connectivity index (χ1v) is 11.4. The van der Waals surface area contributed by atoms with Gasteiger partial charge in [-0.25, -0.2) is 8.42 Å². The number of hydrogen-bond donors (Lipinski definition) is 2. The molecule has 2 aromatic carbocycles. The lowest BCUT2D eigenvalue weighted by atomic mass is 10.0. The molecule has 2 aromatic rings. The van der Waals surface area contributed by atoms with Crippen molar-refractivity contribution in [3.63, 3.8) is 0 Å². The molecular weight excluding hydrogens is 408 g/mol. The fourth-order valence-electron chi connectivity index (χ4n) is 3.13. The summed E-state index contributed by atoms with van der Waals surface area (Å²) in [5.41, 5.74) is 4.09. The van der Waals surface area contributed by atoms with Gasteiger partial charge in [-0.05, 0) is 55.2 Å². The average molecular weight is 437 g/mol. The summed E-state index contributed by atoms with van der Waals surface area (Å²) in [5.74, 6) is 0.930. The Morgan fingerprint density at radius 3 is 2.17 bits per heavy atom. The third-order valence-corrected chi connectivity index (χ3v) is 6.45. The zero-order chi connectivity index (χ0) is 20.0. The van der Waals surface area contributed by atoms with Crippen molar-refractivity contribution in [2.75, 3.05) is 35.0 Å². The summed E-state index contributed by atoms with van der Waals surface area (Å²) in [7, 11) is -3.25. The van der Waals surface area contributed by atoms with Crippen molar-refractivity contribution in [1.29, 1.82) is 0 Å². The number of guanidine groups is 1. The Morgan fingerprint density at radius 1 is 1.03 bits per heavy atom. The summed E-state index contributed by atoms with van der Waals surface area (Å²) in [4.78, 5) is 4.33. The maximum atomic E-state index is 12.3. The number of nitrogens with one attached hydrogen (secondary N) is 2. The Labute approximate surface area is 179 Å². The molecule has 0 amide bonds. The Hall–Kier alpha value is -2.25. The van der Waals surface area contributed by atoms with E-state index in [0.717, 1.165) is 48.8 Å². The highest BCUT2D eigenvalue weighted by molar-refractivity contribution is 7.92. The van der Waals surface area contributed by atoms with E-state index in [9.17, 15) is 8.42 Å². The SMILES string of the molecule is CCCN(c1ccc(Cc2ccc(NC3=NCCN3)cc2)cc1)S(=O)(=O)CC.Cl. The quantitative estimate of drug-likeness (QED) is 0.662. The Bertz CT molecular complexity index is 913. The van der Waals surface area contributed by atoms with E-state index in [1.54, 1.807) is 6.92 Å². The molecule has 6 nitrogen and oxygen atoms in total. The van der Waals surface area contributed by atoms with Gasteiger partial charge in [0.1, 0.15) is 0 Å². The maximum absolute atomic E-state index is 12.3. The van der Waals surface area contributed by atoms with E-state index >= 15 is 0 Å². The van der Waals surface area contributed by atoms with Gasteiger partial charge in [0.2, 0.25) is 10.0 Å². The molecule has 0 saturated carbocycles. The van der Waals surface area contributed by atoms with Gasteiger partial charge in [-0.1, -0.05) is 31.2 Å². The van der Waals surface area contributed by atoms with Crippen molar-refractivity contribution < 1.29 is 8.42 Å². The van der Waals surface area contributed by atoms with Crippen LogP contribution in [-0.2, 0) is 16.4 Å². The van der Waals surface area contributed by atoms with Crippen LogP contribution in [-0.4, -0.2) is 39.8 Å². The number of hydrogen-bond acceptors (Lipinski definition) is 5. The highest BCUT2D eigenvalue weighted by Gasteiger charge is 2.19. The highest BCUT2D eigenvalue weighted by Crippen LogP contribution is 2.21. The predicted octanol–water partition coefficient (Wildman–Crippen LogP) is 3.64. The van der Waals surface area contributed by atoms with Crippen molar-refractivity contribution in [3.8, 4) is 0 Å². The average Bonchev–Trinajstić information content (AvgIpc) is 3.21. The molecule has 158 valence electrons. The van der Waals surface area contributed by atoms with E-state index in [0.29, 0.717) is 6.54 Å². The van der Waals surface area contributed by atoms with E-state index in [2.05, 4.69) is 27.8 Å². The van der Waals surface area contributed by atoms with E-state index in [1.165, 1.54) is 9.87 Å². The standard InChI is InChI=1S/C21H28N4O2S.ClH/c1-3-15-25(28(26,27)4-2)20-11-7-18(8-12-20)16-17-5-9-19(10-6-17)24-21-22-13-14-23-21;/h5-12H,3-4,13-16H2,1-2H3,(H2,22,23,24);1H. The van der Waals surface area contributed by atoms with Crippen LogP contribution in [0.25, 0.3) is 0 Å². The first-order valence-electron chi connectivity index (χ1n) is 9.75. The first kappa shape index (κ1) is 23.0. The Morgan fingerprint density at radius 2 is 1.66 bits per heavy atom. The van der Waals surface area contributed by atoms with E-state index in [1.807, 2.05) is 43.3 Å². The van der Waals surface area contributed by atoms with Gasteiger partial charge in [0.25, 0.3) is 0 Å². The number of rotatable bonds is 8. The van der Waals surface area contributed by atoms with Gasteiger partial charge in [-0.3, -0.25) is 9.30 Å². The van der Waals surface area contributed by atoms with Gasteiger partial charge in [-0.2, -0.15) is 0 Å². The van der Waals surface area contributed by atoms with Gasteiger partial charge in [0.05, 0.1) is 18.0 Å². The molecule has 8 heteroatoms. The third-order valence-electron chi connectivity index (χ3n) is 4.65. The Balaban J connectivity index is 0.00000300. The molecule has 0 aliphatic carbocycles. The van der Waals surface area contributed by atoms with Gasteiger partial charge in [-0.15, -0.1) is 12.4 Å². The molecule has 0 spiro atoms. The van der Waals surface area contributed by atoms with Crippen LogP contribution in [0.3, 0.4) is 0 Å². The monoisotopic (exact) mass is 436 g/mol. The fraction of sp³-hybridized carbons (Fsp3) is 0.381. The van der Waals surface area contributed by atoms with Crippen molar-refractivity contribution >= 4 is 39.8 Å². The molecule has 1 aliphatic rings. The van der Waals surface area contributed by atoms with Crippen LogP contribution < -0.4 is 14.9 Å². The molecule has 29 heavy (non-hydrogen) atoms. The number of sulfonamides is 1. The number of aliphatic imine (C=N–C) groups is 1. The fourth-order valence-corrected chi connectivity index (χ4v) is 4.34. The van der Waals surface area contributed by atoms with Crippen LogP contribution in [0, 0.1) is 0 Å². The summed E-state index contributed by atoms with van der Waals surface area (Å²) >= 11 is 0. The molecule has 0 unspecified atom stereocenters. The summed E-state index contributed by atoms with van der Waals surface area (Å²) in [6, 6.07) is 16.1. The second-order valence-electron chi connectivity index (χ2n) is 6.79. The van der Waals surface area contributed by atoms with Crippen molar-refractivity contribution in [2.24, 2.45) is 4.99 Å². The normalized spacial score (nSPS) is 13.2. The van der Waals surface area contributed by atoms with Crippen LogP contribution in [0.1, 0.15) is 31.4 Å². The van der Waals surface area contributed by atoms with Gasteiger partial charge in [0, 0.05) is 18.8 Å². The smallest absolute Gasteiger partial charge is 0.234 e. The predicted molar refractivity (Wildman–Crippen MR) is 124 cm³/mol. The molecule has 1 aliphatic heterocycles. The second-order valence-corrected chi connectivity index (χ2v) is 8.98. The lowest BCUT2D eigenvalue weighted by Gasteiger charge is -2.23. The zero-order valence-corrected chi connectivity index (χ0v) is 18.5. The van der Waals surface area contributed by atoms with Crippen LogP contribution in [0.4, 0.5) is 11.4 Å². The number of halogens is 1. The van der Waals surface area contributed by atoms with Crippen molar-refractivity contribution in [3.05, 3.63) is 59.7 Å². The minimum Gasteiger partial charge on any atom is -0.354 e. The Kier molecular flexibility index (Phi) is 8.34. The van der Waals surface area contributed by atoms with Crippen LogP contribution >= 0.6 is 12.4 Å². The summed E-state index contributed by atoms with van der Waals surface area (Å²) < 4.78 is 26.2. The highest BCUT2D eigenvalue weighted by atomic mass is 35.5. The summed E-state index contributed by atoms with van der Waals surface area (Å²) in [5, 5.41) is 6.45. The molecule has 0 atom stereocenters. The molecule has 3 rings (SSSR count). The van der Waals surface area contributed by atoms with Gasteiger partial charge in [0.15, 0.2) is 5.96 Å². The topological polar surface area (TPSA) is 73.8 Å². The first-order chi connectivity index (χ1) is 13.5. The summed E-state index contributed by atoms with van der Waals surface area (Å²) in [6.45, 7) is 5.86. The minimum atomic E-state index is -3.25. The number of benzene rings is 2. The molecule has 0 radical (unpaired) electrons. The molecule has 1 heterocycles. The molecule has 2 N–H and O–H groups in total. The van der Waals surface area contributed by atoms with E-state index in [-0.39, 0.29) is 18.2 Å². The molecule has 0 saturated heterocycles. The van der Waals surface area contributed by atoms with Gasteiger partial charge >= 0.3 is 0 Å². The number of anilines is 2.